The fourth-order valence-electron chi connectivity index (χ4n) is 6.63. The molecule has 1 saturated heterocycles. The monoisotopic (exact) mass is 551 g/mol. The van der Waals surface area contributed by atoms with Crippen LogP contribution >= 0.6 is 11.8 Å². The molecule has 1 N–H and O–H groups in total. The number of hydrogen-bond acceptors (Lipinski definition) is 6. The lowest BCUT2D eigenvalue weighted by atomic mass is 9.90. The standard InChI is InChI=1S/C29H27F2N3O4S/c1-29(2)11-15-3-4-17-24(16-5-6-20(30)23(31)19(16)14-39-27(17)18(15)12-29)34-22-13-38-10-9-32(22)28(37)25-26(36)21(35)7-8-33(25)34/h3-8,22,24,36H,9-14H2,1-2H3/t22-,24-/m1/s1. The molecule has 2 aromatic carbocycles. The van der Waals surface area contributed by atoms with E-state index in [4.69, 9.17) is 4.74 Å². The van der Waals surface area contributed by atoms with Crippen LogP contribution in [0.5, 0.6) is 5.75 Å². The van der Waals surface area contributed by atoms with Gasteiger partial charge in [0.1, 0.15) is 6.17 Å². The highest BCUT2D eigenvalue weighted by atomic mass is 32.2. The van der Waals surface area contributed by atoms with E-state index in [-0.39, 0.29) is 35.6 Å². The number of amides is 1. The molecule has 7 nitrogen and oxygen atoms in total. The Hall–Kier alpha value is -3.37. The summed E-state index contributed by atoms with van der Waals surface area (Å²) in [5.41, 5.74) is 3.48. The lowest BCUT2D eigenvalue weighted by Crippen LogP contribution is -2.66. The number of fused-ring (bicyclic) bond motifs is 6. The van der Waals surface area contributed by atoms with Crippen LogP contribution in [0.25, 0.3) is 0 Å². The smallest absolute Gasteiger partial charge is 0.278 e. The van der Waals surface area contributed by atoms with Gasteiger partial charge in [0.05, 0.1) is 19.3 Å². The second kappa shape index (κ2) is 8.56. The molecule has 7 rings (SSSR count). The molecule has 4 aliphatic rings. The molecular formula is C29H27F2N3O4S. The Kier molecular flexibility index (Phi) is 5.41. The van der Waals surface area contributed by atoms with Gasteiger partial charge in [0.2, 0.25) is 5.43 Å². The zero-order valence-corrected chi connectivity index (χ0v) is 22.4. The van der Waals surface area contributed by atoms with E-state index >= 15 is 4.39 Å². The first-order chi connectivity index (χ1) is 18.7. The molecule has 39 heavy (non-hydrogen) atoms. The summed E-state index contributed by atoms with van der Waals surface area (Å²) in [6, 6.07) is 7.48. The maximum atomic E-state index is 15.4. The minimum atomic E-state index is -0.913. The van der Waals surface area contributed by atoms with Crippen molar-refractivity contribution < 1.29 is 23.4 Å². The number of thioether (sulfide) groups is 1. The third-order valence-electron chi connectivity index (χ3n) is 8.33. The summed E-state index contributed by atoms with van der Waals surface area (Å²) in [5, 5.41) is 12.7. The molecule has 3 aromatic rings. The quantitative estimate of drug-likeness (QED) is 0.491. The number of carbonyl (C=O) groups is 1. The van der Waals surface area contributed by atoms with E-state index in [9.17, 15) is 19.1 Å². The van der Waals surface area contributed by atoms with E-state index in [1.54, 1.807) is 11.0 Å². The number of carbonyl (C=O) groups excluding carboxylic acids is 1. The maximum Gasteiger partial charge on any atom is 0.278 e. The SMILES string of the molecule is CC1(C)Cc2ccc3c(c2C1)SCc1c(ccc(F)c1F)[C@H]3N1[C@@H]2COCCN2C(=O)c2c(O)c(=O)ccn21. The summed E-state index contributed by atoms with van der Waals surface area (Å²) in [6.45, 7) is 5.20. The van der Waals surface area contributed by atoms with Gasteiger partial charge in [-0.3, -0.25) is 19.3 Å². The molecule has 1 fully saturated rings. The molecular weight excluding hydrogens is 524 g/mol. The number of rotatable bonds is 1. The molecule has 1 amide bonds. The van der Waals surface area contributed by atoms with Crippen LogP contribution in [-0.2, 0) is 23.3 Å². The summed E-state index contributed by atoms with van der Waals surface area (Å²) in [5.74, 6) is -2.66. The van der Waals surface area contributed by atoms with Crippen LogP contribution < -0.4 is 10.4 Å². The van der Waals surface area contributed by atoms with Gasteiger partial charge in [-0.25, -0.2) is 8.78 Å². The summed E-state index contributed by atoms with van der Waals surface area (Å²) < 4.78 is 37.3. The van der Waals surface area contributed by atoms with Crippen molar-refractivity contribution in [2.45, 2.75) is 49.5 Å². The Labute approximate surface area is 228 Å². The summed E-state index contributed by atoms with van der Waals surface area (Å²) in [7, 11) is 0. The third kappa shape index (κ3) is 3.57. The minimum absolute atomic E-state index is 0.0766. The average Bonchev–Trinajstić information content (AvgIpc) is 3.13. The summed E-state index contributed by atoms with van der Waals surface area (Å²) in [4.78, 5) is 28.6. The van der Waals surface area contributed by atoms with E-state index < -0.39 is 40.9 Å². The molecule has 1 aromatic heterocycles. The van der Waals surface area contributed by atoms with E-state index in [0.717, 1.165) is 29.4 Å². The molecule has 10 heteroatoms. The highest BCUT2D eigenvalue weighted by molar-refractivity contribution is 7.98. The van der Waals surface area contributed by atoms with E-state index in [1.165, 1.54) is 39.8 Å². The van der Waals surface area contributed by atoms with Crippen molar-refractivity contribution >= 4 is 17.7 Å². The van der Waals surface area contributed by atoms with Gasteiger partial charge in [-0.1, -0.05) is 32.0 Å². The number of benzene rings is 2. The van der Waals surface area contributed by atoms with Crippen molar-refractivity contribution in [3.05, 3.63) is 91.9 Å². The lowest BCUT2D eigenvalue weighted by molar-refractivity contribution is -0.0197. The van der Waals surface area contributed by atoms with Gasteiger partial charge in [-0.2, -0.15) is 0 Å². The topological polar surface area (TPSA) is 75.0 Å². The number of hydrogen-bond donors (Lipinski definition) is 1. The number of ether oxygens (including phenoxy) is 1. The molecule has 0 bridgehead atoms. The maximum absolute atomic E-state index is 15.4. The van der Waals surface area contributed by atoms with Crippen molar-refractivity contribution in [1.82, 2.24) is 9.58 Å². The van der Waals surface area contributed by atoms with Gasteiger partial charge >= 0.3 is 0 Å². The van der Waals surface area contributed by atoms with Crippen molar-refractivity contribution in [1.29, 1.82) is 0 Å². The van der Waals surface area contributed by atoms with Crippen molar-refractivity contribution in [2.24, 2.45) is 5.41 Å². The van der Waals surface area contributed by atoms with Crippen LogP contribution in [0.3, 0.4) is 0 Å². The second-order valence-corrected chi connectivity index (χ2v) is 12.4. The fraction of sp³-hybridized carbons (Fsp3) is 0.379. The molecule has 0 spiro atoms. The number of halogens is 2. The second-order valence-electron chi connectivity index (χ2n) is 11.4. The Balaban J connectivity index is 1.53. The molecule has 1 aliphatic carbocycles. The number of aromatic nitrogens is 1. The molecule has 202 valence electrons. The van der Waals surface area contributed by atoms with Gasteiger partial charge in [0, 0.05) is 35.0 Å². The predicted octanol–water partition coefficient (Wildman–Crippen LogP) is 4.10. The Morgan fingerprint density at radius 2 is 1.85 bits per heavy atom. The van der Waals surface area contributed by atoms with Gasteiger partial charge < -0.3 is 14.7 Å². The van der Waals surface area contributed by atoms with E-state index in [1.807, 2.05) is 5.01 Å². The van der Waals surface area contributed by atoms with Crippen LogP contribution in [0.15, 0.2) is 46.2 Å². The van der Waals surface area contributed by atoms with Crippen LogP contribution in [-0.4, -0.2) is 46.5 Å². The molecule has 4 heterocycles. The zero-order valence-electron chi connectivity index (χ0n) is 21.5. The first kappa shape index (κ1) is 24.7. The number of nitrogens with zero attached hydrogens (tertiary/aromatic N) is 3. The highest BCUT2D eigenvalue weighted by Gasteiger charge is 2.47. The fourth-order valence-corrected chi connectivity index (χ4v) is 7.93. The largest absolute Gasteiger partial charge is 0.502 e. The number of aromatic hydroxyl groups is 1. The summed E-state index contributed by atoms with van der Waals surface area (Å²) >= 11 is 1.51. The highest BCUT2D eigenvalue weighted by Crippen LogP contribution is 2.50. The van der Waals surface area contributed by atoms with E-state index in [0.29, 0.717) is 12.2 Å². The molecule has 0 radical (unpaired) electrons. The Morgan fingerprint density at radius 3 is 2.67 bits per heavy atom. The zero-order chi connectivity index (χ0) is 27.2. The summed E-state index contributed by atoms with van der Waals surface area (Å²) in [6.07, 6.45) is 2.65. The van der Waals surface area contributed by atoms with Crippen molar-refractivity contribution in [2.75, 3.05) is 24.8 Å². The minimum Gasteiger partial charge on any atom is -0.502 e. The van der Waals surface area contributed by atoms with Gasteiger partial charge in [-0.15, -0.1) is 11.8 Å². The average molecular weight is 552 g/mol. The molecule has 0 unspecified atom stereocenters. The lowest BCUT2D eigenvalue weighted by Gasteiger charge is -2.51. The van der Waals surface area contributed by atoms with E-state index in [2.05, 4.69) is 26.0 Å². The normalized spacial score (nSPS) is 22.9. The van der Waals surface area contributed by atoms with Crippen molar-refractivity contribution in [3.8, 4) is 5.75 Å². The van der Waals surface area contributed by atoms with Gasteiger partial charge in [-0.05, 0) is 46.6 Å². The Morgan fingerprint density at radius 1 is 1.05 bits per heavy atom. The van der Waals surface area contributed by atoms with Gasteiger partial charge in [0.15, 0.2) is 23.1 Å². The van der Waals surface area contributed by atoms with Crippen LogP contribution in [0.1, 0.15) is 58.2 Å². The predicted molar refractivity (Wildman–Crippen MR) is 142 cm³/mol. The molecule has 0 saturated carbocycles. The third-order valence-corrected chi connectivity index (χ3v) is 9.54. The number of morpholine rings is 1. The first-order valence-electron chi connectivity index (χ1n) is 13.0. The van der Waals surface area contributed by atoms with Gasteiger partial charge in [0.25, 0.3) is 5.91 Å². The molecule has 2 atom stereocenters. The van der Waals surface area contributed by atoms with Crippen LogP contribution in [0.2, 0.25) is 0 Å². The van der Waals surface area contributed by atoms with Crippen molar-refractivity contribution in [3.63, 3.8) is 0 Å². The number of pyridine rings is 1. The first-order valence-corrected chi connectivity index (χ1v) is 14.0. The van der Waals surface area contributed by atoms with Crippen LogP contribution in [0.4, 0.5) is 8.78 Å². The van der Waals surface area contributed by atoms with Crippen LogP contribution in [0, 0.1) is 17.0 Å². The Bertz CT molecular complexity index is 1620. The molecule has 3 aliphatic heterocycles.